The summed E-state index contributed by atoms with van der Waals surface area (Å²) in [4.78, 5) is 17.1. The second-order valence-corrected chi connectivity index (χ2v) is 18.2. The Morgan fingerprint density at radius 3 is 2.10 bits per heavy atom. The number of hydrogen-bond acceptors (Lipinski definition) is 6. The van der Waals surface area contributed by atoms with Crippen molar-refractivity contribution in [2.45, 2.75) is 19.6 Å². The van der Waals surface area contributed by atoms with Crippen LogP contribution >= 0.6 is 0 Å². The number of anilines is 3. The molecule has 8 rings (SSSR count). The van der Waals surface area contributed by atoms with Crippen molar-refractivity contribution >= 4 is 52.5 Å². The van der Waals surface area contributed by atoms with Crippen LogP contribution in [0.4, 0.5) is 17.2 Å². The summed E-state index contributed by atoms with van der Waals surface area (Å²) in [7, 11) is -1.88. The van der Waals surface area contributed by atoms with Gasteiger partial charge in [0.2, 0.25) is 0 Å². The summed E-state index contributed by atoms with van der Waals surface area (Å²) < 4.78 is 6.51. The Balaban J connectivity index is 1.37. The van der Waals surface area contributed by atoms with E-state index in [1.54, 1.807) is 12.1 Å². The first-order chi connectivity index (χ1) is 23.8. The van der Waals surface area contributed by atoms with Crippen LogP contribution in [0.25, 0.3) is 55.8 Å². The highest BCUT2D eigenvalue weighted by molar-refractivity contribution is 6.88. The van der Waals surface area contributed by atoms with Crippen molar-refractivity contribution in [3.63, 3.8) is 0 Å². The van der Waals surface area contributed by atoms with Gasteiger partial charge in [-0.25, -0.2) is 15.0 Å². The quantitative estimate of drug-likeness (QED) is 0.172. The zero-order valence-corrected chi connectivity index (χ0v) is 28.5. The number of para-hydroxylation sites is 2. The number of aromatic hydroxyl groups is 1. The third kappa shape index (κ3) is 5.74. The number of pyridine rings is 1. The first-order valence-electron chi connectivity index (χ1n) is 16.3. The van der Waals surface area contributed by atoms with Gasteiger partial charge in [0.15, 0.2) is 11.4 Å². The normalized spacial score (nSPS) is 11.7. The maximum Gasteiger partial charge on any atom is 0.180 e. The Labute approximate surface area is 286 Å². The number of benzene rings is 5. The van der Waals surface area contributed by atoms with Gasteiger partial charge in [0.25, 0.3) is 0 Å². The maximum absolute atomic E-state index is 10.9. The van der Waals surface area contributed by atoms with Gasteiger partial charge in [-0.1, -0.05) is 104 Å². The molecule has 238 valence electrons. The van der Waals surface area contributed by atoms with Gasteiger partial charge in [-0.15, -0.1) is 0 Å². The zero-order chi connectivity index (χ0) is 33.5. The SMILES string of the molecule is C[Si](C)(C)c1cc(-c2nc(-c3ccccc3O)nc3c2oc2ccccc23)cc(N(c2ccc(-c3ccccc3)cc2)c2ccccn2)c1. The van der Waals surface area contributed by atoms with Crippen molar-refractivity contribution in [3.05, 3.63) is 146 Å². The highest BCUT2D eigenvalue weighted by atomic mass is 28.3. The average molecular weight is 655 g/mol. The van der Waals surface area contributed by atoms with Crippen LogP contribution in [0.3, 0.4) is 0 Å². The fourth-order valence-electron chi connectivity index (χ4n) is 6.21. The number of phenolic OH excluding ortho intramolecular Hbond substituents is 1. The summed E-state index contributed by atoms with van der Waals surface area (Å²) in [5, 5.41) is 13.0. The van der Waals surface area contributed by atoms with Crippen LogP contribution in [0.5, 0.6) is 5.75 Å². The summed E-state index contributed by atoms with van der Waals surface area (Å²) in [6, 6.07) is 46.8. The third-order valence-corrected chi connectivity index (χ3v) is 10.8. The molecule has 3 heterocycles. The molecule has 0 unspecified atom stereocenters. The van der Waals surface area contributed by atoms with Crippen molar-refractivity contribution in [2.24, 2.45) is 0 Å². The van der Waals surface area contributed by atoms with Crippen LogP contribution in [0.1, 0.15) is 0 Å². The van der Waals surface area contributed by atoms with Gasteiger partial charge in [-0.2, -0.15) is 0 Å². The summed E-state index contributed by atoms with van der Waals surface area (Å²) in [6.45, 7) is 7.04. The van der Waals surface area contributed by atoms with Gasteiger partial charge in [-0.3, -0.25) is 4.90 Å². The number of hydrogen-bond donors (Lipinski definition) is 1. The summed E-state index contributed by atoms with van der Waals surface area (Å²) in [6.07, 6.45) is 1.82. The lowest BCUT2D eigenvalue weighted by atomic mass is 10.0. The van der Waals surface area contributed by atoms with Crippen LogP contribution < -0.4 is 10.1 Å². The van der Waals surface area contributed by atoms with Gasteiger partial charge in [-0.05, 0) is 71.8 Å². The number of phenols is 1. The van der Waals surface area contributed by atoms with E-state index in [9.17, 15) is 5.11 Å². The molecular formula is C42H34N4O2Si. The number of furan rings is 1. The third-order valence-electron chi connectivity index (χ3n) is 8.79. The van der Waals surface area contributed by atoms with Crippen LogP contribution in [0.15, 0.2) is 150 Å². The Hall–Kier alpha value is -6.05. The summed E-state index contributed by atoms with van der Waals surface area (Å²) in [5.74, 6) is 1.36. The number of nitrogens with zero attached hydrogens (tertiary/aromatic N) is 4. The Morgan fingerprint density at radius 1 is 0.633 bits per heavy atom. The van der Waals surface area contributed by atoms with Crippen molar-refractivity contribution in [3.8, 4) is 39.5 Å². The summed E-state index contributed by atoms with van der Waals surface area (Å²) in [5.41, 5.74) is 8.45. The predicted molar refractivity (Wildman–Crippen MR) is 203 cm³/mol. The Bertz CT molecular complexity index is 2440. The van der Waals surface area contributed by atoms with Crippen molar-refractivity contribution in [1.29, 1.82) is 0 Å². The lowest BCUT2D eigenvalue weighted by Gasteiger charge is -2.27. The summed E-state index contributed by atoms with van der Waals surface area (Å²) >= 11 is 0. The molecular weight excluding hydrogens is 621 g/mol. The topological polar surface area (TPSA) is 75.3 Å². The molecule has 0 aliphatic carbocycles. The first kappa shape index (κ1) is 30.3. The van der Waals surface area contributed by atoms with Crippen LogP contribution in [0, 0.1) is 0 Å². The van der Waals surface area contributed by atoms with E-state index in [-0.39, 0.29) is 5.75 Å². The van der Waals surface area contributed by atoms with Gasteiger partial charge in [0.1, 0.15) is 28.4 Å². The van der Waals surface area contributed by atoms with Crippen LogP contribution in [0.2, 0.25) is 19.6 Å². The zero-order valence-electron chi connectivity index (χ0n) is 27.5. The van der Waals surface area contributed by atoms with E-state index in [4.69, 9.17) is 19.4 Å². The minimum Gasteiger partial charge on any atom is -0.507 e. The molecule has 1 N–H and O–H groups in total. The monoisotopic (exact) mass is 654 g/mol. The van der Waals surface area contributed by atoms with Crippen molar-refractivity contribution in [1.82, 2.24) is 15.0 Å². The molecule has 0 amide bonds. The van der Waals surface area contributed by atoms with Crippen LogP contribution in [-0.4, -0.2) is 28.1 Å². The van der Waals surface area contributed by atoms with Gasteiger partial charge in [0, 0.05) is 28.5 Å². The van der Waals surface area contributed by atoms with Gasteiger partial charge >= 0.3 is 0 Å². The molecule has 3 aromatic heterocycles. The number of rotatable bonds is 7. The molecule has 0 saturated carbocycles. The van der Waals surface area contributed by atoms with Crippen molar-refractivity contribution in [2.75, 3.05) is 4.90 Å². The van der Waals surface area contributed by atoms with E-state index in [1.807, 2.05) is 66.9 Å². The molecule has 49 heavy (non-hydrogen) atoms. The minimum absolute atomic E-state index is 0.123. The van der Waals surface area contributed by atoms with E-state index in [0.29, 0.717) is 28.2 Å². The largest absolute Gasteiger partial charge is 0.507 e. The highest BCUT2D eigenvalue weighted by Gasteiger charge is 2.25. The standard InChI is InChI=1S/C42H34N4O2Si/c1-49(2,3)33-26-30(39-41-40(35-16-8-10-18-37(35)48-41)45-42(44-39)34-15-7-9-17-36(34)47)25-32(27-33)46(38-19-11-12-24-43-38)31-22-20-29(21-23-31)28-13-5-4-6-14-28/h4-27,47H,1-3H3. The fourth-order valence-corrected chi connectivity index (χ4v) is 7.38. The van der Waals surface area contributed by atoms with Gasteiger partial charge < -0.3 is 9.52 Å². The van der Waals surface area contributed by atoms with Crippen LogP contribution in [-0.2, 0) is 0 Å². The van der Waals surface area contributed by atoms with E-state index >= 15 is 0 Å². The molecule has 0 radical (unpaired) electrons. The molecule has 0 bridgehead atoms. The second-order valence-electron chi connectivity index (χ2n) is 13.1. The molecule has 7 heteroatoms. The molecule has 0 spiro atoms. The number of aromatic nitrogens is 3. The van der Waals surface area contributed by atoms with E-state index < -0.39 is 8.07 Å². The van der Waals surface area contributed by atoms with Gasteiger partial charge in [0.05, 0.1) is 13.6 Å². The first-order valence-corrected chi connectivity index (χ1v) is 19.8. The second kappa shape index (κ2) is 12.2. The molecule has 8 aromatic rings. The van der Waals surface area contributed by atoms with E-state index in [0.717, 1.165) is 39.3 Å². The molecule has 0 aliphatic heterocycles. The lowest BCUT2D eigenvalue weighted by molar-refractivity contribution is 0.477. The Kier molecular flexibility index (Phi) is 7.54. The van der Waals surface area contributed by atoms with E-state index in [1.165, 1.54) is 10.8 Å². The smallest absolute Gasteiger partial charge is 0.180 e. The minimum atomic E-state index is -1.88. The molecule has 6 nitrogen and oxygen atoms in total. The molecule has 0 atom stereocenters. The lowest BCUT2D eigenvalue weighted by Crippen LogP contribution is -2.38. The van der Waals surface area contributed by atoms with Crippen molar-refractivity contribution < 1.29 is 9.52 Å². The predicted octanol–water partition coefficient (Wildman–Crippen LogP) is 10.5. The fraction of sp³-hybridized carbons (Fsp3) is 0.0714. The average Bonchev–Trinajstić information content (AvgIpc) is 3.51. The highest BCUT2D eigenvalue weighted by Crippen LogP contribution is 2.40. The Morgan fingerprint density at radius 2 is 1.35 bits per heavy atom. The molecule has 0 aliphatic rings. The van der Waals surface area contributed by atoms with E-state index in [2.05, 4.69) is 91.3 Å². The maximum atomic E-state index is 10.9. The molecule has 5 aromatic carbocycles. The number of fused-ring (bicyclic) bond motifs is 3. The molecule has 0 fully saturated rings. The molecule has 0 saturated heterocycles.